The maximum absolute atomic E-state index is 12.6. The molecule has 2 aromatic carbocycles. The van der Waals surface area contributed by atoms with Crippen LogP contribution in [0.1, 0.15) is 22.5 Å². The van der Waals surface area contributed by atoms with Crippen molar-refractivity contribution in [2.75, 3.05) is 5.32 Å². The third-order valence-electron chi connectivity index (χ3n) is 3.95. The Labute approximate surface area is 171 Å². The fraction of sp³-hybridized carbons (Fsp3) is 0.0952. The molecule has 5 nitrogen and oxygen atoms in total. The van der Waals surface area contributed by atoms with Gasteiger partial charge in [-0.1, -0.05) is 41.4 Å². The van der Waals surface area contributed by atoms with E-state index in [1.165, 1.54) is 0 Å². The summed E-state index contributed by atoms with van der Waals surface area (Å²) < 4.78 is 0. The summed E-state index contributed by atoms with van der Waals surface area (Å²) in [6.45, 7) is 0. The van der Waals surface area contributed by atoms with Crippen LogP contribution in [0.25, 0.3) is 11.3 Å². The molecule has 3 rings (SSSR count). The maximum atomic E-state index is 12.6. The molecule has 0 radical (unpaired) electrons. The molecule has 0 fully saturated rings. The van der Waals surface area contributed by atoms with Gasteiger partial charge in [0.2, 0.25) is 0 Å². The highest BCUT2D eigenvalue weighted by Gasteiger charge is 2.11. The molecule has 2 N–H and O–H groups in total. The van der Waals surface area contributed by atoms with Crippen molar-refractivity contribution in [2.45, 2.75) is 12.8 Å². The first-order chi connectivity index (χ1) is 13.4. The van der Waals surface area contributed by atoms with Gasteiger partial charge in [-0.05, 0) is 54.4 Å². The normalized spacial score (nSPS) is 10.5. The van der Waals surface area contributed by atoms with E-state index in [-0.39, 0.29) is 18.0 Å². The Morgan fingerprint density at radius 3 is 2.39 bits per heavy atom. The molecule has 0 bridgehead atoms. The van der Waals surface area contributed by atoms with Crippen LogP contribution in [-0.2, 0) is 11.2 Å². The number of carbonyl (C=O) groups is 2. The number of halogens is 2. The summed E-state index contributed by atoms with van der Waals surface area (Å²) >= 11 is 12.1. The first-order valence-corrected chi connectivity index (χ1v) is 9.22. The highest BCUT2D eigenvalue weighted by atomic mass is 35.5. The summed E-state index contributed by atoms with van der Waals surface area (Å²) in [5, 5.41) is 12.6. The van der Waals surface area contributed by atoms with Crippen LogP contribution in [-0.4, -0.2) is 22.0 Å². The van der Waals surface area contributed by atoms with Crippen molar-refractivity contribution in [1.82, 2.24) is 4.98 Å². The highest BCUT2D eigenvalue weighted by Crippen LogP contribution is 2.26. The zero-order chi connectivity index (χ0) is 20.1. The summed E-state index contributed by atoms with van der Waals surface area (Å²) in [6.07, 6.45) is 0.422. The number of carbonyl (C=O) groups excluding carboxylic acids is 1. The quantitative estimate of drug-likeness (QED) is 0.571. The molecule has 3 aromatic rings. The number of anilines is 1. The lowest BCUT2D eigenvalue weighted by atomic mass is 10.1. The first-order valence-electron chi connectivity index (χ1n) is 8.46. The lowest BCUT2D eigenvalue weighted by molar-refractivity contribution is -0.136. The van der Waals surface area contributed by atoms with Crippen LogP contribution < -0.4 is 5.32 Å². The van der Waals surface area contributed by atoms with E-state index >= 15 is 0 Å². The van der Waals surface area contributed by atoms with Gasteiger partial charge in [0, 0.05) is 27.7 Å². The number of nitrogens with zero attached hydrogens (tertiary/aromatic N) is 1. The van der Waals surface area contributed by atoms with E-state index in [1.807, 2.05) is 6.07 Å². The van der Waals surface area contributed by atoms with Crippen molar-refractivity contribution in [3.8, 4) is 11.3 Å². The van der Waals surface area contributed by atoms with Crippen molar-refractivity contribution < 1.29 is 14.7 Å². The Kier molecular flexibility index (Phi) is 6.29. The third kappa shape index (κ3) is 5.31. The van der Waals surface area contributed by atoms with Crippen molar-refractivity contribution in [1.29, 1.82) is 0 Å². The average molecular weight is 415 g/mol. The van der Waals surface area contributed by atoms with E-state index in [2.05, 4.69) is 10.3 Å². The van der Waals surface area contributed by atoms with Gasteiger partial charge >= 0.3 is 5.97 Å². The molecule has 142 valence electrons. The van der Waals surface area contributed by atoms with Crippen molar-refractivity contribution in [2.24, 2.45) is 0 Å². The molecule has 0 atom stereocenters. The number of hydrogen-bond donors (Lipinski definition) is 2. The van der Waals surface area contributed by atoms with Gasteiger partial charge in [-0.15, -0.1) is 0 Å². The number of amides is 1. The molecule has 0 unspecified atom stereocenters. The van der Waals surface area contributed by atoms with E-state index in [1.54, 1.807) is 54.6 Å². The van der Waals surface area contributed by atoms with Crippen molar-refractivity contribution in [3.05, 3.63) is 82.0 Å². The fourth-order valence-corrected chi connectivity index (χ4v) is 3.20. The number of aryl methyl sites for hydroxylation is 1. The number of carboxylic acid groups (broad SMARTS) is 1. The summed E-state index contributed by atoms with van der Waals surface area (Å²) in [5.41, 5.74) is 2.93. The van der Waals surface area contributed by atoms with Gasteiger partial charge in [0.05, 0.1) is 5.69 Å². The fourth-order valence-electron chi connectivity index (χ4n) is 2.67. The predicted molar refractivity (Wildman–Crippen MR) is 110 cm³/mol. The van der Waals surface area contributed by atoms with Gasteiger partial charge in [-0.25, -0.2) is 4.98 Å². The van der Waals surface area contributed by atoms with E-state index < -0.39 is 5.97 Å². The summed E-state index contributed by atoms with van der Waals surface area (Å²) in [5.74, 6) is -1.23. The second-order valence-corrected chi connectivity index (χ2v) is 6.99. The summed E-state index contributed by atoms with van der Waals surface area (Å²) in [7, 11) is 0. The average Bonchev–Trinajstić information content (AvgIpc) is 2.66. The number of rotatable bonds is 6. The maximum Gasteiger partial charge on any atom is 0.303 e. The van der Waals surface area contributed by atoms with Crippen LogP contribution in [0.4, 0.5) is 5.69 Å². The summed E-state index contributed by atoms with van der Waals surface area (Å²) in [4.78, 5) is 27.7. The molecule has 0 spiro atoms. The van der Waals surface area contributed by atoms with Gasteiger partial charge < -0.3 is 10.4 Å². The minimum atomic E-state index is -0.864. The van der Waals surface area contributed by atoms with E-state index in [4.69, 9.17) is 28.3 Å². The largest absolute Gasteiger partial charge is 0.481 e. The number of benzene rings is 2. The van der Waals surface area contributed by atoms with Crippen LogP contribution in [0.3, 0.4) is 0 Å². The van der Waals surface area contributed by atoms with Crippen LogP contribution in [0, 0.1) is 0 Å². The number of carboxylic acids is 1. The SMILES string of the molecule is O=C(O)CCc1cccc(NC(=O)c2cccc(-c3cc(Cl)cc(Cl)c3)n2)c1. The molecular formula is C21H16Cl2N2O3. The second kappa shape index (κ2) is 8.87. The van der Waals surface area contributed by atoms with E-state index in [9.17, 15) is 9.59 Å². The van der Waals surface area contributed by atoms with Gasteiger partial charge in [-0.2, -0.15) is 0 Å². The van der Waals surface area contributed by atoms with E-state index in [0.29, 0.717) is 33.4 Å². The number of aromatic nitrogens is 1. The molecule has 0 aliphatic rings. The standard InChI is InChI=1S/C21H16Cl2N2O3/c22-15-10-14(11-16(23)12-15)18-5-2-6-19(25-18)21(28)24-17-4-1-3-13(9-17)7-8-20(26)27/h1-6,9-12H,7-8H2,(H,24,28)(H,26,27). The summed E-state index contributed by atoms with van der Waals surface area (Å²) in [6, 6.07) is 17.3. The topological polar surface area (TPSA) is 79.3 Å². The van der Waals surface area contributed by atoms with Gasteiger partial charge in [-0.3, -0.25) is 9.59 Å². The molecule has 1 aromatic heterocycles. The molecular weight excluding hydrogens is 399 g/mol. The Morgan fingerprint density at radius 1 is 0.964 bits per heavy atom. The molecule has 0 saturated carbocycles. The molecule has 1 amide bonds. The lowest BCUT2D eigenvalue weighted by Gasteiger charge is -2.08. The predicted octanol–water partition coefficient (Wildman–Crippen LogP) is 5.32. The van der Waals surface area contributed by atoms with Gasteiger partial charge in [0.1, 0.15) is 5.69 Å². The zero-order valence-corrected chi connectivity index (χ0v) is 16.2. The first kappa shape index (κ1) is 19.9. The van der Waals surface area contributed by atoms with Crippen LogP contribution in [0.5, 0.6) is 0 Å². The highest BCUT2D eigenvalue weighted by molar-refractivity contribution is 6.35. The van der Waals surface area contributed by atoms with Crippen molar-refractivity contribution in [3.63, 3.8) is 0 Å². The zero-order valence-electron chi connectivity index (χ0n) is 14.7. The number of nitrogens with one attached hydrogen (secondary N) is 1. The van der Waals surface area contributed by atoms with E-state index in [0.717, 1.165) is 5.56 Å². The van der Waals surface area contributed by atoms with Crippen LogP contribution in [0.2, 0.25) is 10.0 Å². The lowest BCUT2D eigenvalue weighted by Crippen LogP contribution is -2.14. The molecule has 0 aliphatic heterocycles. The van der Waals surface area contributed by atoms with Gasteiger partial charge in [0.25, 0.3) is 5.91 Å². The minimum absolute atomic E-state index is 0.0309. The Bertz CT molecular complexity index is 1020. The van der Waals surface area contributed by atoms with Crippen molar-refractivity contribution >= 4 is 40.8 Å². The van der Waals surface area contributed by atoms with Crippen LogP contribution >= 0.6 is 23.2 Å². The Hall–Kier alpha value is -2.89. The third-order valence-corrected chi connectivity index (χ3v) is 4.39. The van der Waals surface area contributed by atoms with Crippen LogP contribution in [0.15, 0.2) is 60.7 Å². The number of pyridine rings is 1. The molecule has 0 saturated heterocycles. The smallest absolute Gasteiger partial charge is 0.303 e. The minimum Gasteiger partial charge on any atom is -0.481 e. The molecule has 0 aliphatic carbocycles. The monoisotopic (exact) mass is 414 g/mol. The second-order valence-electron chi connectivity index (χ2n) is 6.11. The molecule has 1 heterocycles. The number of aliphatic carboxylic acids is 1. The molecule has 7 heteroatoms. The van der Waals surface area contributed by atoms with Gasteiger partial charge in [0.15, 0.2) is 0 Å². The Morgan fingerprint density at radius 2 is 1.68 bits per heavy atom. The number of hydrogen-bond acceptors (Lipinski definition) is 3. The molecule has 28 heavy (non-hydrogen) atoms. The Balaban J connectivity index is 1.78.